The second-order valence-electron chi connectivity index (χ2n) is 5.18. The van der Waals surface area contributed by atoms with E-state index in [1.165, 1.54) is 24.4 Å². The average Bonchev–Trinajstić information content (AvgIpc) is 3.15. The number of non-ortho nitro benzene ring substituents is 1. The summed E-state index contributed by atoms with van der Waals surface area (Å²) < 4.78 is 4.88. The highest BCUT2D eigenvalue weighted by Crippen LogP contribution is 2.27. The molecule has 0 saturated heterocycles. The predicted octanol–water partition coefficient (Wildman–Crippen LogP) is 2.91. The molecule has 0 saturated carbocycles. The van der Waals surface area contributed by atoms with Crippen LogP contribution < -0.4 is 5.32 Å². The van der Waals surface area contributed by atoms with Gasteiger partial charge in [-0.1, -0.05) is 18.2 Å². The van der Waals surface area contributed by atoms with E-state index in [0.29, 0.717) is 11.3 Å². The van der Waals surface area contributed by atoms with Gasteiger partial charge in [0.2, 0.25) is 0 Å². The van der Waals surface area contributed by atoms with Crippen LogP contribution in [-0.4, -0.2) is 33.4 Å². The van der Waals surface area contributed by atoms with Gasteiger partial charge in [-0.05, 0) is 12.1 Å². The van der Waals surface area contributed by atoms with Gasteiger partial charge in [-0.25, -0.2) is 14.8 Å². The number of hydrogen-bond donors (Lipinski definition) is 1. The van der Waals surface area contributed by atoms with Gasteiger partial charge >= 0.3 is 5.97 Å². The zero-order valence-electron chi connectivity index (χ0n) is 13.7. The Kier molecular flexibility index (Phi) is 5.47. The van der Waals surface area contributed by atoms with Gasteiger partial charge < -0.3 is 4.74 Å². The molecule has 3 rings (SSSR count). The Bertz CT molecular complexity index is 990. The Morgan fingerprint density at radius 1 is 1.22 bits per heavy atom. The third-order valence-electron chi connectivity index (χ3n) is 3.31. The van der Waals surface area contributed by atoms with Crippen molar-refractivity contribution in [2.75, 3.05) is 11.9 Å². The van der Waals surface area contributed by atoms with Crippen molar-refractivity contribution in [1.29, 1.82) is 0 Å². The predicted molar refractivity (Wildman–Crippen MR) is 97.4 cm³/mol. The Labute approximate surface area is 156 Å². The molecule has 0 aliphatic rings. The van der Waals surface area contributed by atoms with E-state index < -0.39 is 23.4 Å². The second kappa shape index (κ2) is 8.15. The molecule has 0 unspecified atom stereocenters. The number of rotatable bonds is 6. The molecule has 0 bridgehead atoms. The number of benzene rings is 1. The van der Waals surface area contributed by atoms with Gasteiger partial charge in [0.05, 0.1) is 10.6 Å². The molecule has 2 heterocycles. The first kappa shape index (κ1) is 18.1. The van der Waals surface area contributed by atoms with E-state index in [1.54, 1.807) is 29.6 Å². The fourth-order valence-electron chi connectivity index (χ4n) is 2.09. The fraction of sp³-hybridized carbons (Fsp3) is 0.0588. The number of pyridine rings is 1. The van der Waals surface area contributed by atoms with Crippen molar-refractivity contribution in [2.45, 2.75) is 0 Å². The Morgan fingerprint density at radius 2 is 2.07 bits per heavy atom. The molecule has 0 fully saturated rings. The lowest BCUT2D eigenvalue weighted by molar-refractivity contribution is -0.384. The number of nitro groups is 1. The SMILES string of the molecule is O=C(COC(=O)c1ccccn1)Nc1nc(-c2cccc([N+](=O)[O-])c2)cs1. The van der Waals surface area contributed by atoms with Gasteiger partial charge in [0, 0.05) is 29.3 Å². The fourth-order valence-corrected chi connectivity index (χ4v) is 2.82. The van der Waals surface area contributed by atoms with E-state index in [9.17, 15) is 19.7 Å². The number of esters is 1. The first-order chi connectivity index (χ1) is 13.0. The summed E-state index contributed by atoms with van der Waals surface area (Å²) in [7, 11) is 0. The highest BCUT2D eigenvalue weighted by molar-refractivity contribution is 7.14. The highest BCUT2D eigenvalue weighted by atomic mass is 32.1. The standard InChI is InChI=1S/C17H12N4O5S/c22-15(9-26-16(23)13-6-1-2-7-18-13)20-17-19-14(10-27-17)11-4-3-5-12(8-11)21(24)25/h1-8,10H,9H2,(H,19,20,22). The first-order valence-corrected chi connectivity index (χ1v) is 8.49. The number of anilines is 1. The van der Waals surface area contributed by atoms with Crippen molar-refractivity contribution in [3.8, 4) is 11.3 Å². The number of hydrogen-bond acceptors (Lipinski definition) is 8. The highest BCUT2D eigenvalue weighted by Gasteiger charge is 2.14. The zero-order valence-corrected chi connectivity index (χ0v) is 14.5. The number of nitro benzene ring substituents is 1. The van der Waals surface area contributed by atoms with E-state index in [-0.39, 0.29) is 16.5 Å². The number of aromatic nitrogens is 2. The second-order valence-corrected chi connectivity index (χ2v) is 6.04. The number of thiazole rings is 1. The van der Waals surface area contributed by atoms with E-state index in [1.807, 2.05) is 0 Å². The largest absolute Gasteiger partial charge is 0.451 e. The summed E-state index contributed by atoms with van der Waals surface area (Å²) in [5.74, 6) is -1.26. The molecule has 136 valence electrons. The van der Waals surface area contributed by atoms with E-state index >= 15 is 0 Å². The van der Waals surface area contributed by atoms with Crippen molar-refractivity contribution in [3.05, 3.63) is 69.8 Å². The number of amides is 1. The molecule has 0 radical (unpaired) electrons. The molecule has 2 aromatic heterocycles. The summed E-state index contributed by atoms with van der Waals surface area (Å²) in [4.78, 5) is 42.1. The van der Waals surface area contributed by atoms with Crippen LogP contribution in [0.1, 0.15) is 10.5 Å². The maximum Gasteiger partial charge on any atom is 0.357 e. The monoisotopic (exact) mass is 384 g/mol. The number of nitrogens with one attached hydrogen (secondary N) is 1. The molecule has 10 heteroatoms. The summed E-state index contributed by atoms with van der Waals surface area (Å²) in [5.41, 5.74) is 1.10. The molecular formula is C17H12N4O5S. The van der Waals surface area contributed by atoms with Crippen LogP contribution in [0.4, 0.5) is 10.8 Å². The van der Waals surface area contributed by atoms with Gasteiger partial charge in [0.1, 0.15) is 5.69 Å². The van der Waals surface area contributed by atoms with Gasteiger partial charge in [-0.3, -0.25) is 20.2 Å². The van der Waals surface area contributed by atoms with Crippen LogP contribution in [0, 0.1) is 10.1 Å². The van der Waals surface area contributed by atoms with Gasteiger partial charge in [0.25, 0.3) is 11.6 Å². The van der Waals surface area contributed by atoms with Crippen LogP contribution in [0.2, 0.25) is 0 Å². The van der Waals surface area contributed by atoms with Crippen molar-refractivity contribution < 1.29 is 19.2 Å². The molecule has 0 spiro atoms. The lowest BCUT2D eigenvalue weighted by Gasteiger charge is -2.04. The van der Waals surface area contributed by atoms with E-state index in [2.05, 4.69) is 15.3 Å². The molecule has 3 aromatic rings. The minimum atomic E-state index is -0.706. The third-order valence-corrected chi connectivity index (χ3v) is 4.07. The smallest absolute Gasteiger partial charge is 0.357 e. The topological polar surface area (TPSA) is 124 Å². The van der Waals surface area contributed by atoms with Crippen LogP contribution in [0.5, 0.6) is 0 Å². The summed E-state index contributed by atoms with van der Waals surface area (Å²) in [6.45, 7) is -0.485. The molecule has 0 aliphatic heterocycles. The minimum absolute atomic E-state index is 0.0486. The quantitative estimate of drug-likeness (QED) is 0.393. The summed E-state index contributed by atoms with van der Waals surface area (Å²) in [6.07, 6.45) is 1.45. The zero-order chi connectivity index (χ0) is 19.2. The van der Waals surface area contributed by atoms with Crippen LogP contribution in [0.3, 0.4) is 0 Å². The summed E-state index contributed by atoms with van der Waals surface area (Å²) >= 11 is 1.15. The lowest BCUT2D eigenvalue weighted by Crippen LogP contribution is -2.21. The van der Waals surface area contributed by atoms with Crippen LogP contribution >= 0.6 is 11.3 Å². The van der Waals surface area contributed by atoms with Crippen molar-refractivity contribution in [3.63, 3.8) is 0 Å². The summed E-state index contributed by atoms with van der Waals surface area (Å²) in [5, 5.41) is 15.3. The molecule has 27 heavy (non-hydrogen) atoms. The number of carbonyl (C=O) groups excluding carboxylic acids is 2. The minimum Gasteiger partial charge on any atom is -0.451 e. The molecule has 1 amide bonds. The Hall–Kier alpha value is -3.66. The third kappa shape index (κ3) is 4.70. The van der Waals surface area contributed by atoms with E-state index in [4.69, 9.17) is 4.74 Å². The normalized spacial score (nSPS) is 10.2. The van der Waals surface area contributed by atoms with Crippen molar-refractivity contribution >= 4 is 34.0 Å². The maximum atomic E-state index is 11.9. The van der Waals surface area contributed by atoms with Crippen LogP contribution in [0.25, 0.3) is 11.3 Å². The molecular weight excluding hydrogens is 372 g/mol. The van der Waals surface area contributed by atoms with Gasteiger partial charge in [-0.15, -0.1) is 11.3 Å². The number of nitrogens with zero attached hydrogens (tertiary/aromatic N) is 3. The molecule has 1 N–H and O–H groups in total. The van der Waals surface area contributed by atoms with Crippen LogP contribution in [0.15, 0.2) is 54.0 Å². The molecule has 1 aromatic carbocycles. The van der Waals surface area contributed by atoms with Gasteiger partial charge in [-0.2, -0.15) is 0 Å². The molecule has 0 atom stereocenters. The Balaban J connectivity index is 1.59. The first-order valence-electron chi connectivity index (χ1n) is 7.61. The van der Waals surface area contributed by atoms with Crippen molar-refractivity contribution in [2.24, 2.45) is 0 Å². The Morgan fingerprint density at radius 3 is 2.81 bits per heavy atom. The maximum absolute atomic E-state index is 11.9. The lowest BCUT2D eigenvalue weighted by atomic mass is 10.1. The van der Waals surface area contributed by atoms with Gasteiger partial charge in [0.15, 0.2) is 11.7 Å². The number of ether oxygens (including phenoxy) is 1. The van der Waals surface area contributed by atoms with Crippen molar-refractivity contribution in [1.82, 2.24) is 9.97 Å². The average molecular weight is 384 g/mol. The summed E-state index contributed by atoms with van der Waals surface area (Å²) in [6, 6.07) is 10.8. The molecule has 9 nitrogen and oxygen atoms in total. The number of carbonyl (C=O) groups is 2. The molecule has 0 aliphatic carbocycles. The van der Waals surface area contributed by atoms with E-state index in [0.717, 1.165) is 11.3 Å². The van der Waals surface area contributed by atoms with Crippen LogP contribution in [-0.2, 0) is 9.53 Å².